The summed E-state index contributed by atoms with van der Waals surface area (Å²) in [6, 6.07) is 17.7. The lowest BCUT2D eigenvalue weighted by Gasteiger charge is -2.22. The molecule has 0 fully saturated rings. The van der Waals surface area contributed by atoms with Gasteiger partial charge >= 0.3 is 0 Å². The molecule has 0 aliphatic carbocycles. The van der Waals surface area contributed by atoms with E-state index in [0.29, 0.717) is 0 Å². The largest absolute Gasteiger partial charge is 0.508 e. The van der Waals surface area contributed by atoms with Gasteiger partial charge in [-0.25, -0.2) is 0 Å². The molecule has 0 radical (unpaired) electrons. The highest BCUT2D eigenvalue weighted by Crippen LogP contribution is 2.23. The van der Waals surface area contributed by atoms with Gasteiger partial charge in [-0.2, -0.15) is 0 Å². The van der Waals surface area contributed by atoms with Gasteiger partial charge in [-0.1, -0.05) is 42.5 Å². The molecule has 0 aromatic heterocycles. The highest BCUT2D eigenvalue weighted by Gasteiger charge is 2.14. The maximum atomic E-state index is 9.46. The van der Waals surface area contributed by atoms with Crippen molar-refractivity contribution >= 4 is 0 Å². The van der Waals surface area contributed by atoms with Gasteiger partial charge in [-0.05, 0) is 37.1 Å². The summed E-state index contributed by atoms with van der Waals surface area (Å²) in [7, 11) is 0. The highest BCUT2D eigenvalue weighted by atomic mass is 16.5. The van der Waals surface area contributed by atoms with E-state index in [2.05, 4.69) is 24.4 Å². The molecule has 2 N–H and O–H groups in total. The van der Waals surface area contributed by atoms with E-state index in [1.165, 1.54) is 5.56 Å². The van der Waals surface area contributed by atoms with Crippen LogP contribution in [0.2, 0.25) is 0 Å². The van der Waals surface area contributed by atoms with Crippen molar-refractivity contribution in [3.05, 3.63) is 65.7 Å². The van der Waals surface area contributed by atoms with Crippen LogP contribution in [-0.2, 0) is 4.74 Å². The smallest absolute Gasteiger partial charge is 0.115 e. The first-order chi connectivity index (χ1) is 10.2. The number of hydrogen-bond acceptors (Lipinski definition) is 3. The van der Waals surface area contributed by atoms with Crippen LogP contribution in [0.25, 0.3) is 0 Å². The third-order valence-corrected chi connectivity index (χ3v) is 3.42. The predicted molar refractivity (Wildman–Crippen MR) is 85.5 cm³/mol. The number of aromatic hydroxyl groups is 1. The van der Waals surface area contributed by atoms with Crippen molar-refractivity contribution in [3.63, 3.8) is 0 Å². The average molecular weight is 285 g/mol. The van der Waals surface area contributed by atoms with Gasteiger partial charge < -0.3 is 15.2 Å². The number of hydrogen-bond donors (Lipinski definition) is 2. The number of phenolic OH excluding ortho intramolecular Hbond substituents is 1. The molecule has 0 aliphatic heterocycles. The van der Waals surface area contributed by atoms with E-state index in [1.54, 1.807) is 12.1 Å². The second-order valence-corrected chi connectivity index (χ2v) is 5.11. The maximum absolute atomic E-state index is 9.46. The van der Waals surface area contributed by atoms with E-state index < -0.39 is 0 Å². The molecule has 0 saturated carbocycles. The van der Waals surface area contributed by atoms with Gasteiger partial charge in [0.1, 0.15) is 5.75 Å². The molecule has 2 aromatic carbocycles. The zero-order valence-corrected chi connectivity index (χ0v) is 12.6. The Morgan fingerprint density at radius 2 is 1.62 bits per heavy atom. The Labute approximate surface area is 126 Å². The predicted octanol–water partition coefficient (Wildman–Crippen LogP) is 3.50. The molecule has 0 bridgehead atoms. The number of ether oxygens (including phenoxy) is 1. The summed E-state index contributed by atoms with van der Waals surface area (Å²) in [6.07, 6.45) is 0.165. The second kappa shape index (κ2) is 7.81. The van der Waals surface area contributed by atoms with Crippen molar-refractivity contribution in [3.8, 4) is 5.75 Å². The molecule has 0 amide bonds. The Hall–Kier alpha value is -1.84. The van der Waals surface area contributed by atoms with E-state index in [0.717, 1.165) is 18.7 Å². The van der Waals surface area contributed by atoms with Crippen molar-refractivity contribution in [2.24, 2.45) is 0 Å². The summed E-state index contributed by atoms with van der Waals surface area (Å²) in [4.78, 5) is 0. The van der Waals surface area contributed by atoms with Crippen LogP contribution >= 0.6 is 0 Å². The van der Waals surface area contributed by atoms with Gasteiger partial charge in [0, 0.05) is 13.2 Å². The Bertz CT molecular complexity index is 525. The fourth-order valence-corrected chi connectivity index (χ4v) is 2.37. The zero-order chi connectivity index (χ0) is 15.1. The topological polar surface area (TPSA) is 41.5 Å². The van der Waals surface area contributed by atoms with Crippen LogP contribution in [0, 0.1) is 0 Å². The summed E-state index contributed by atoms with van der Waals surface area (Å²) >= 11 is 0. The summed E-state index contributed by atoms with van der Waals surface area (Å²) < 4.78 is 5.58. The Morgan fingerprint density at radius 3 is 2.24 bits per heavy atom. The lowest BCUT2D eigenvalue weighted by atomic mass is 9.98. The lowest BCUT2D eigenvalue weighted by Crippen LogP contribution is -2.31. The maximum Gasteiger partial charge on any atom is 0.115 e. The van der Waals surface area contributed by atoms with E-state index in [9.17, 15) is 5.11 Å². The molecular weight excluding hydrogens is 262 g/mol. The Balaban J connectivity index is 2.16. The van der Waals surface area contributed by atoms with Gasteiger partial charge in [0.2, 0.25) is 0 Å². The van der Waals surface area contributed by atoms with Gasteiger partial charge in [0.15, 0.2) is 0 Å². The summed E-state index contributed by atoms with van der Waals surface area (Å²) in [5.74, 6) is 0.285. The van der Waals surface area contributed by atoms with Crippen molar-refractivity contribution < 1.29 is 9.84 Å². The van der Waals surface area contributed by atoms with E-state index in [4.69, 9.17) is 4.74 Å². The van der Waals surface area contributed by atoms with Crippen molar-refractivity contribution in [2.75, 3.05) is 13.2 Å². The highest BCUT2D eigenvalue weighted by molar-refractivity contribution is 5.34. The molecule has 0 heterocycles. The first kappa shape index (κ1) is 15.5. The SMILES string of the molecule is CCOC(C)CNC(c1ccccc1)c1ccc(O)cc1. The van der Waals surface area contributed by atoms with Crippen LogP contribution < -0.4 is 5.32 Å². The monoisotopic (exact) mass is 285 g/mol. The zero-order valence-electron chi connectivity index (χ0n) is 12.6. The second-order valence-electron chi connectivity index (χ2n) is 5.11. The summed E-state index contributed by atoms with van der Waals surface area (Å²) in [6.45, 7) is 5.56. The molecular formula is C18H23NO2. The van der Waals surface area contributed by atoms with Gasteiger partial charge in [-0.3, -0.25) is 0 Å². The molecule has 2 aromatic rings. The lowest BCUT2D eigenvalue weighted by molar-refractivity contribution is 0.0748. The van der Waals surface area contributed by atoms with Crippen LogP contribution in [0.4, 0.5) is 0 Å². The summed E-state index contributed by atoms with van der Waals surface area (Å²) in [5, 5.41) is 13.0. The first-order valence-electron chi connectivity index (χ1n) is 7.39. The molecule has 2 unspecified atom stereocenters. The van der Waals surface area contributed by atoms with Crippen molar-refractivity contribution in [1.29, 1.82) is 0 Å². The Morgan fingerprint density at radius 1 is 1.00 bits per heavy atom. The minimum absolute atomic E-state index is 0.0923. The third-order valence-electron chi connectivity index (χ3n) is 3.42. The van der Waals surface area contributed by atoms with E-state index in [-0.39, 0.29) is 17.9 Å². The molecule has 21 heavy (non-hydrogen) atoms. The normalized spacial score (nSPS) is 13.8. The molecule has 0 spiro atoms. The minimum atomic E-state index is 0.0923. The Kier molecular flexibility index (Phi) is 5.78. The van der Waals surface area contributed by atoms with Crippen LogP contribution in [0.15, 0.2) is 54.6 Å². The molecule has 0 aliphatic rings. The molecule has 3 heteroatoms. The average Bonchev–Trinajstić information content (AvgIpc) is 2.50. The van der Waals surface area contributed by atoms with Gasteiger partial charge in [0.05, 0.1) is 12.1 Å². The fourth-order valence-electron chi connectivity index (χ4n) is 2.37. The third kappa shape index (κ3) is 4.59. The van der Waals surface area contributed by atoms with Crippen LogP contribution in [0.3, 0.4) is 0 Å². The molecule has 3 nitrogen and oxygen atoms in total. The van der Waals surface area contributed by atoms with Crippen molar-refractivity contribution in [2.45, 2.75) is 26.0 Å². The number of benzene rings is 2. The standard InChI is InChI=1S/C18H23NO2/c1-3-21-14(2)13-19-18(15-7-5-4-6-8-15)16-9-11-17(20)12-10-16/h4-12,14,18-20H,3,13H2,1-2H3. The van der Waals surface area contributed by atoms with Crippen LogP contribution in [-0.4, -0.2) is 24.4 Å². The number of nitrogens with one attached hydrogen (secondary N) is 1. The van der Waals surface area contributed by atoms with Crippen molar-refractivity contribution in [1.82, 2.24) is 5.32 Å². The minimum Gasteiger partial charge on any atom is -0.508 e. The first-order valence-corrected chi connectivity index (χ1v) is 7.39. The molecule has 2 atom stereocenters. The van der Waals surface area contributed by atoms with Crippen LogP contribution in [0.1, 0.15) is 31.0 Å². The van der Waals surface area contributed by atoms with E-state index >= 15 is 0 Å². The van der Waals surface area contributed by atoms with Crippen LogP contribution in [0.5, 0.6) is 5.75 Å². The number of phenols is 1. The molecule has 112 valence electrons. The van der Waals surface area contributed by atoms with Gasteiger partial charge in [0.25, 0.3) is 0 Å². The summed E-state index contributed by atoms with van der Waals surface area (Å²) in [5.41, 5.74) is 2.33. The quantitative estimate of drug-likeness (QED) is 0.818. The molecule has 0 saturated heterocycles. The fraction of sp³-hybridized carbons (Fsp3) is 0.333. The number of rotatable bonds is 7. The molecule has 2 rings (SSSR count). The van der Waals surface area contributed by atoms with Gasteiger partial charge in [-0.15, -0.1) is 0 Å². The van der Waals surface area contributed by atoms with E-state index in [1.807, 2.05) is 37.3 Å².